The first kappa shape index (κ1) is 12.0. The van der Waals surface area contributed by atoms with E-state index in [0.29, 0.717) is 0 Å². The predicted molar refractivity (Wildman–Crippen MR) is 59.8 cm³/mol. The van der Waals surface area contributed by atoms with Crippen LogP contribution in [0.4, 0.5) is 0 Å². The molecule has 0 aromatic heterocycles. The molecule has 0 saturated carbocycles. The van der Waals surface area contributed by atoms with Crippen molar-refractivity contribution in [2.24, 2.45) is 0 Å². The first-order valence-electron chi connectivity index (χ1n) is 4.86. The molecule has 1 unspecified atom stereocenters. The maximum absolute atomic E-state index is 11.3. The minimum Gasteiger partial charge on any atom is -0.478 e. The summed E-state index contributed by atoms with van der Waals surface area (Å²) in [6, 6.07) is 9.29. The Morgan fingerprint density at radius 1 is 1.25 bits per heavy atom. The lowest BCUT2D eigenvalue weighted by Gasteiger charge is -2.12. The van der Waals surface area contributed by atoms with Crippen molar-refractivity contribution in [2.45, 2.75) is 13.0 Å². The molecular weight excluding hydrogens is 206 g/mol. The van der Waals surface area contributed by atoms with Gasteiger partial charge in [-0.15, -0.1) is 0 Å². The van der Waals surface area contributed by atoms with Gasteiger partial charge in [-0.2, -0.15) is 0 Å². The molecule has 1 aromatic carbocycles. The number of carboxylic acid groups (broad SMARTS) is 1. The van der Waals surface area contributed by atoms with Crippen LogP contribution in [0.15, 0.2) is 42.5 Å². The molecule has 4 heteroatoms. The van der Waals surface area contributed by atoms with E-state index < -0.39 is 11.9 Å². The highest BCUT2D eigenvalue weighted by Gasteiger charge is 2.06. The zero-order chi connectivity index (χ0) is 12.0. The standard InChI is InChI=1S/C12H13NO3/c1-9(10-5-3-2-4-6-10)13-11(14)7-8-12(15)16/h2-9H,1H3,(H,13,14)(H,15,16)/b8-7+. The zero-order valence-corrected chi connectivity index (χ0v) is 8.88. The van der Waals surface area contributed by atoms with Crippen LogP contribution in [-0.4, -0.2) is 17.0 Å². The number of nitrogens with one attached hydrogen (secondary N) is 1. The van der Waals surface area contributed by atoms with Crippen molar-refractivity contribution in [3.8, 4) is 0 Å². The summed E-state index contributed by atoms with van der Waals surface area (Å²) >= 11 is 0. The second-order valence-corrected chi connectivity index (χ2v) is 3.31. The van der Waals surface area contributed by atoms with Gasteiger partial charge in [-0.1, -0.05) is 30.3 Å². The van der Waals surface area contributed by atoms with Crippen molar-refractivity contribution < 1.29 is 14.7 Å². The molecule has 0 spiro atoms. The Morgan fingerprint density at radius 2 is 1.88 bits per heavy atom. The highest BCUT2D eigenvalue weighted by atomic mass is 16.4. The summed E-state index contributed by atoms with van der Waals surface area (Å²) < 4.78 is 0. The summed E-state index contributed by atoms with van der Waals surface area (Å²) in [6.07, 6.45) is 1.81. The summed E-state index contributed by atoms with van der Waals surface area (Å²) in [6.45, 7) is 1.84. The Kier molecular flexibility index (Phi) is 4.27. The number of carboxylic acids is 1. The quantitative estimate of drug-likeness (QED) is 0.754. The summed E-state index contributed by atoms with van der Waals surface area (Å²) in [5.41, 5.74) is 0.972. The Bertz CT molecular complexity index is 398. The lowest BCUT2D eigenvalue weighted by molar-refractivity contribution is -0.131. The fourth-order valence-corrected chi connectivity index (χ4v) is 1.23. The van der Waals surface area contributed by atoms with E-state index in [2.05, 4.69) is 5.32 Å². The van der Waals surface area contributed by atoms with E-state index in [9.17, 15) is 9.59 Å². The number of amides is 1. The average molecular weight is 219 g/mol. The molecule has 84 valence electrons. The van der Waals surface area contributed by atoms with Crippen molar-refractivity contribution in [3.05, 3.63) is 48.0 Å². The van der Waals surface area contributed by atoms with Gasteiger partial charge in [0.15, 0.2) is 0 Å². The molecule has 0 saturated heterocycles. The van der Waals surface area contributed by atoms with Gasteiger partial charge in [0.25, 0.3) is 0 Å². The van der Waals surface area contributed by atoms with Crippen molar-refractivity contribution >= 4 is 11.9 Å². The molecule has 2 N–H and O–H groups in total. The molecule has 4 nitrogen and oxygen atoms in total. The summed E-state index contributed by atoms with van der Waals surface area (Å²) in [7, 11) is 0. The maximum Gasteiger partial charge on any atom is 0.328 e. The summed E-state index contributed by atoms with van der Waals surface area (Å²) in [5.74, 6) is -1.55. The van der Waals surface area contributed by atoms with E-state index >= 15 is 0 Å². The van der Waals surface area contributed by atoms with Crippen LogP contribution in [0, 0.1) is 0 Å². The van der Waals surface area contributed by atoms with Gasteiger partial charge < -0.3 is 10.4 Å². The molecule has 1 aromatic rings. The Labute approximate surface area is 93.6 Å². The molecule has 0 bridgehead atoms. The fraction of sp³-hybridized carbons (Fsp3) is 0.167. The van der Waals surface area contributed by atoms with E-state index in [1.165, 1.54) is 0 Å². The molecule has 0 radical (unpaired) electrons. The molecule has 0 aliphatic heterocycles. The number of benzene rings is 1. The lowest BCUT2D eigenvalue weighted by atomic mass is 10.1. The Morgan fingerprint density at radius 3 is 2.44 bits per heavy atom. The van der Waals surface area contributed by atoms with Crippen LogP contribution in [0.5, 0.6) is 0 Å². The monoisotopic (exact) mass is 219 g/mol. The third-order valence-electron chi connectivity index (χ3n) is 2.04. The zero-order valence-electron chi connectivity index (χ0n) is 8.88. The van der Waals surface area contributed by atoms with Gasteiger partial charge in [0.2, 0.25) is 5.91 Å². The van der Waals surface area contributed by atoms with Crippen molar-refractivity contribution in [2.75, 3.05) is 0 Å². The number of hydrogen-bond acceptors (Lipinski definition) is 2. The number of carbonyl (C=O) groups is 2. The summed E-state index contributed by atoms with van der Waals surface area (Å²) in [5, 5.41) is 11.0. The first-order valence-corrected chi connectivity index (χ1v) is 4.86. The van der Waals surface area contributed by atoms with Gasteiger partial charge in [0.05, 0.1) is 6.04 Å². The molecule has 0 aliphatic carbocycles. The fourth-order valence-electron chi connectivity index (χ4n) is 1.23. The molecule has 1 atom stereocenters. The van der Waals surface area contributed by atoms with Gasteiger partial charge in [-0.3, -0.25) is 4.79 Å². The second kappa shape index (κ2) is 5.70. The van der Waals surface area contributed by atoms with Crippen LogP contribution < -0.4 is 5.32 Å². The van der Waals surface area contributed by atoms with E-state index in [-0.39, 0.29) is 6.04 Å². The first-order chi connectivity index (χ1) is 7.59. The van der Waals surface area contributed by atoms with Crippen LogP contribution >= 0.6 is 0 Å². The molecule has 0 fully saturated rings. The van der Waals surface area contributed by atoms with Gasteiger partial charge in [0.1, 0.15) is 0 Å². The Balaban J connectivity index is 2.55. The highest BCUT2D eigenvalue weighted by Crippen LogP contribution is 2.10. The Hall–Kier alpha value is -2.10. The van der Waals surface area contributed by atoms with Crippen LogP contribution in [0.2, 0.25) is 0 Å². The molecule has 0 aliphatic rings. The van der Waals surface area contributed by atoms with Crippen molar-refractivity contribution in [3.63, 3.8) is 0 Å². The lowest BCUT2D eigenvalue weighted by Crippen LogP contribution is -2.24. The maximum atomic E-state index is 11.3. The average Bonchev–Trinajstić information content (AvgIpc) is 2.27. The second-order valence-electron chi connectivity index (χ2n) is 3.31. The molecule has 1 rings (SSSR count). The number of hydrogen-bond donors (Lipinski definition) is 2. The van der Waals surface area contributed by atoms with Gasteiger partial charge >= 0.3 is 5.97 Å². The van der Waals surface area contributed by atoms with Crippen LogP contribution in [0.3, 0.4) is 0 Å². The van der Waals surface area contributed by atoms with Crippen LogP contribution in [0.1, 0.15) is 18.5 Å². The van der Waals surface area contributed by atoms with Gasteiger partial charge in [0, 0.05) is 12.2 Å². The molecule has 0 heterocycles. The van der Waals surface area contributed by atoms with E-state index in [4.69, 9.17) is 5.11 Å². The molecular formula is C12H13NO3. The number of aliphatic carboxylic acids is 1. The number of rotatable bonds is 4. The molecule has 16 heavy (non-hydrogen) atoms. The van der Waals surface area contributed by atoms with Gasteiger partial charge in [-0.25, -0.2) is 4.79 Å². The number of carbonyl (C=O) groups excluding carboxylic acids is 1. The van der Waals surface area contributed by atoms with E-state index in [1.54, 1.807) is 0 Å². The minimum absolute atomic E-state index is 0.146. The van der Waals surface area contributed by atoms with Crippen molar-refractivity contribution in [1.29, 1.82) is 0 Å². The largest absolute Gasteiger partial charge is 0.478 e. The highest BCUT2D eigenvalue weighted by molar-refractivity contribution is 5.94. The third-order valence-corrected chi connectivity index (χ3v) is 2.04. The van der Waals surface area contributed by atoms with Crippen LogP contribution in [0.25, 0.3) is 0 Å². The summed E-state index contributed by atoms with van der Waals surface area (Å²) in [4.78, 5) is 21.5. The van der Waals surface area contributed by atoms with E-state index in [1.807, 2.05) is 37.3 Å². The topological polar surface area (TPSA) is 66.4 Å². The predicted octanol–water partition coefficient (Wildman–Crippen LogP) is 1.50. The van der Waals surface area contributed by atoms with Crippen molar-refractivity contribution in [1.82, 2.24) is 5.32 Å². The van der Waals surface area contributed by atoms with Crippen LogP contribution in [-0.2, 0) is 9.59 Å². The SMILES string of the molecule is CC(NC(=O)/C=C/C(=O)O)c1ccccc1. The normalized spacial score (nSPS) is 12.3. The third kappa shape index (κ3) is 3.96. The minimum atomic E-state index is -1.14. The molecule has 1 amide bonds. The van der Waals surface area contributed by atoms with Gasteiger partial charge in [-0.05, 0) is 12.5 Å². The van der Waals surface area contributed by atoms with E-state index in [0.717, 1.165) is 17.7 Å². The smallest absolute Gasteiger partial charge is 0.328 e.